The van der Waals surface area contributed by atoms with E-state index in [-0.39, 0.29) is 0 Å². The Bertz CT molecular complexity index is 464. The first kappa shape index (κ1) is 36.7. The Labute approximate surface area is 253 Å². The fraction of sp³-hybridized carbons (Fsp3) is 1.00. The molecule has 0 amide bonds. The second-order valence-corrected chi connectivity index (χ2v) is 14.0. The summed E-state index contributed by atoms with van der Waals surface area (Å²) in [5.74, 6) is 6.31. The van der Waals surface area contributed by atoms with Gasteiger partial charge in [0.25, 0.3) is 0 Å². The number of hydrogen-bond donors (Lipinski definition) is 2. The first-order valence-electron chi connectivity index (χ1n) is 18.0. The van der Waals surface area contributed by atoms with Crippen molar-refractivity contribution in [3.05, 3.63) is 0 Å². The second kappa shape index (κ2) is 27.8. The van der Waals surface area contributed by atoms with Crippen molar-refractivity contribution >= 4 is 25.3 Å². The van der Waals surface area contributed by atoms with E-state index in [0.29, 0.717) is 0 Å². The van der Waals surface area contributed by atoms with Crippen LogP contribution in [0, 0.1) is 23.7 Å². The summed E-state index contributed by atoms with van der Waals surface area (Å²) in [6, 6.07) is 0. The molecule has 4 atom stereocenters. The monoisotopic (exact) mass is 569 g/mol. The standard InChI is InChI=1S/C36H72S2/c1-3-5-7-14-21-27-35-33(25-19-6-4-2)29-30-34(26-20-15-11-13-18-24-32-38)36(35)28-22-16-10-8-9-12-17-23-31-37/h33-38H,3-32H2,1-2H3. The molecule has 0 spiro atoms. The highest BCUT2D eigenvalue weighted by atomic mass is 32.1. The van der Waals surface area contributed by atoms with Crippen LogP contribution in [0.3, 0.4) is 0 Å². The van der Waals surface area contributed by atoms with Crippen molar-refractivity contribution in [3.8, 4) is 0 Å². The molecule has 0 saturated heterocycles. The Morgan fingerprint density at radius 3 is 1.05 bits per heavy atom. The van der Waals surface area contributed by atoms with Crippen molar-refractivity contribution < 1.29 is 0 Å². The van der Waals surface area contributed by atoms with Crippen LogP contribution < -0.4 is 0 Å². The molecule has 0 aliphatic heterocycles. The molecule has 0 N–H and O–H groups in total. The van der Waals surface area contributed by atoms with E-state index in [4.69, 9.17) is 0 Å². The molecule has 1 saturated carbocycles. The van der Waals surface area contributed by atoms with E-state index >= 15 is 0 Å². The number of rotatable bonds is 28. The van der Waals surface area contributed by atoms with Gasteiger partial charge >= 0.3 is 0 Å². The van der Waals surface area contributed by atoms with E-state index in [1.165, 1.54) is 154 Å². The molecule has 0 radical (unpaired) electrons. The highest BCUT2D eigenvalue weighted by Gasteiger charge is 2.37. The van der Waals surface area contributed by atoms with Gasteiger partial charge in [0.2, 0.25) is 0 Å². The van der Waals surface area contributed by atoms with Crippen molar-refractivity contribution in [2.75, 3.05) is 11.5 Å². The van der Waals surface area contributed by atoms with Gasteiger partial charge in [0, 0.05) is 0 Å². The molecule has 2 heteroatoms. The third-order valence-corrected chi connectivity index (χ3v) is 10.5. The molecule has 1 rings (SSSR count). The second-order valence-electron chi connectivity index (χ2n) is 13.1. The zero-order valence-corrected chi connectivity index (χ0v) is 28.2. The summed E-state index contributed by atoms with van der Waals surface area (Å²) < 4.78 is 0. The van der Waals surface area contributed by atoms with Gasteiger partial charge in [0.05, 0.1) is 0 Å². The summed E-state index contributed by atoms with van der Waals surface area (Å²) in [5, 5.41) is 0. The van der Waals surface area contributed by atoms with Crippen LogP contribution in [0.2, 0.25) is 0 Å². The van der Waals surface area contributed by atoms with Crippen molar-refractivity contribution in [1.82, 2.24) is 0 Å². The average Bonchev–Trinajstić information content (AvgIpc) is 2.93. The first-order valence-corrected chi connectivity index (χ1v) is 19.3. The molecular formula is C36H72S2. The lowest BCUT2D eigenvalue weighted by atomic mass is 9.61. The average molecular weight is 569 g/mol. The van der Waals surface area contributed by atoms with Crippen molar-refractivity contribution in [3.63, 3.8) is 0 Å². The van der Waals surface area contributed by atoms with Crippen molar-refractivity contribution in [2.24, 2.45) is 23.7 Å². The van der Waals surface area contributed by atoms with Crippen LogP contribution in [0.4, 0.5) is 0 Å². The summed E-state index contributed by atoms with van der Waals surface area (Å²) in [6.45, 7) is 4.73. The van der Waals surface area contributed by atoms with Gasteiger partial charge in [0.15, 0.2) is 0 Å². The van der Waals surface area contributed by atoms with Crippen molar-refractivity contribution in [1.29, 1.82) is 0 Å². The lowest BCUT2D eigenvalue weighted by Crippen LogP contribution is -2.35. The molecule has 38 heavy (non-hydrogen) atoms. The fourth-order valence-electron chi connectivity index (χ4n) is 7.59. The van der Waals surface area contributed by atoms with Crippen LogP contribution in [0.15, 0.2) is 0 Å². The minimum Gasteiger partial charge on any atom is -0.179 e. The summed E-state index contributed by atoms with van der Waals surface area (Å²) in [4.78, 5) is 0. The molecule has 1 aliphatic carbocycles. The van der Waals surface area contributed by atoms with Crippen LogP contribution in [-0.2, 0) is 0 Å². The molecule has 0 aromatic rings. The van der Waals surface area contributed by atoms with Gasteiger partial charge in [-0.25, -0.2) is 0 Å². The molecule has 0 aromatic carbocycles. The molecule has 228 valence electrons. The Morgan fingerprint density at radius 2 is 0.658 bits per heavy atom. The molecule has 0 nitrogen and oxygen atoms in total. The number of unbranched alkanes of at least 4 members (excludes halogenated alkanes) is 18. The van der Waals surface area contributed by atoms with Gasteiger partial charge in [-0.3, -0.25) is 0 Å². The van der Waals surface area contributed by atoms with Crippen LogP contribution in [0.5, 0.6) is 0 Å². The van der Waals surface area contributed by atoms with E-state index in [1.54, 1.807) is 25.7 Å². The lowest BCUT2D eigenvalue weighted by molar-refractivity contribution is 0.0581. The maximum absolute atomic E-state index is 4.39. The van der Waals surface area contributed by atoms with E-state index in [1.807, 2.05) is 0 Å². The highest BCUT2D eigenvalue weighted by molar-refractivity contribution is 7.80. The normalized spacial score (nSPS) is 21.8. The third-order valence-electron chi connectivity index (χ3n) is 9.92. The smallest absolute Gasteiger partial charge is 0.00979 e. The van der Waals surface area contributed by atoms with Gasteiger partial charge < -0.3 is 0 Å². The largest absolute Gasteiger partial charge is 0.179 e. The number of thiol groups is 2. The van der Waals surface area contributed by atoms with Gasteiger partial charge in [-0.15, -0.1) is 0 Å². The number of hydrogen-bond acceptors (Lipinski definition) is 2. The summed E-state index contributed by atoms with van der Waals surface area (Å²) in [7, 11) is 0. The van der Waals surface area contributed by atoms with Crippen molar-refractivity contribution in [2.45, 2.75) is 194 Å². The minimum absolute atomic E-state index is 1.04. The van der Waals surface area contributed by atoms with Crippen LogP contribution in [-0.4, -0.2) is 11.5 Å². The van der Waals surface area contributed by atoms with E-state index in [9.17, 15) is 0 Å². The van der Waals surface area contributed by atoms with Gasteiger partial charge in [0.1, 0.15) is 0 Å². The topological polar surface area (TPSA) is 0 Å². The zero-order chi connectivity index (χ0) is 27.5. The molecule has 1 aliphatic rings. The van der Waals surface area contributed by atoms with E-state index < -0.39 is 0 Å². The molecule has 4 unspecified atom stereocenters. The zero-order valence-electron chi connectivity index (χ0n) is 26.4. The molecule has 0 heterocycles. The highest BCUT2D eigenvalue weighted by Crippen LogP contribution is 2.47. The SMILES string of the molecule is CCCCCCCC1C(CCCCC)CCC(CCCCCCCCS)C1CCCCCCCCCCS. The lowest BCUT2D eigenvalue weighted by Gasteiger charge is -2.44. The molecular weight excluding hydrogens is 497 g/mol. The Kier molecular flexibility index (Phi) is 26.9. The van der Waals surface area contributed by atoms with Gasteiger partial charge in [-0.05, 0) is 73.7 Å². The predicted octanol–water partition coefficient (Wildman–Crippen LogP) is 13.3. The summed E-state index contributed by atoms with van der Waals surface area (Å²) in [5.41, 5.74) is 0. The van der Waals surface area contributed by atoms with Gasteiger partial charge in [-0.2, -0.15) is 25.3 Å². The fourth-order valence-corrected chi connectivity index (χ4v) is 8.04. The van der Waals surface area contributed by atoms with E-state index in [0.717, 1.165) is 35.2 Å². The van der Waals surface area contributed by atoms with Crippen LogP contribution in [0.1, 0.15) is 194 Å². The molecule has 0 bridgehead atoms. The quantitative estimate of drug-likeness (QED) is 0.0680. The predicted molar refractivity (Wildman–Crippen MR) is 182 cm³/mol. The Morgan fingerprint density at radius 1 is 0.368 bits per heavy atom. The van der Waals surface area contributed by atoms with E-state index in [2.05, 4.69) is 39.1 Å². The van der Waals surface area contributed by atoms with Crippen LogP contribution in [0.25, 0.3) is 0 Å². The third kappa shape index (κ3) is 18.9. The Hall–Kier alpha value is 0.700. The maximum Gasteiger partial charge on any atom is -0.00979 e. The summed E-state index contributed by atoms with van der Waals surface area (Å²) in [6.07, 6.45) is 41.0. The van der Waals surface area contributed by atoms with Gasteiger partial charge in [-0.1, -0.05) is 155 Å². The van der Waals surface area contributed by atoms with Crippen LogP contribution >= 0.6 is 25.3 Å². The summed E-state index contributed by atoms with van der Waals surface area (Å²) >= 11 is 8.75. The maximum atomic E-state index is 4.39. The molecule has 0 aromatic heterocycles. The Balaban J connectivity index is 2.64. The first-order chi connectivity index (χ1) is 18.8. The minimum atomic E-state index is 1.04. The molecule has 1 fully saturated rings.